The third-order valence-electron chi connectivity index (χ3n) is 3.61. The summed E-state index contributed by atoms with van der Waals surface area (Å²) in [6.07, 6.45) is -1.51. The number of rotatable bonds is 7. The Hall–Kier alpha value is -3.07. The van der Waals surface area contributed by atoms with E-state index in [1.165, 1.54) is 24.0 Å². The molecule has 0 saturated carbocycles. The summed E-state index contributed by atoms with van der Waals surface area (Å²) >= 11 is 1.37. The first-order valence-electron chi connectivity index (χ1n) is 8.51. The van der Waals surface area contributed by atoms with Gasteiger partial charge in [0.2, 0.25) is 5.88 Å². The van der Waals surface area contributed by atoms with Gasteiger partial charge in [-0.3, -0.25) is 4.79 Å². The Bertz CT molecular complexity index is 968. The SMILES string of the molecule is O=C(NCc1ccnc(OCC(F)(F)F)c1)c1cccnc1Sc1ccccc1. The van der Waals surface area contributed by atoms with Crippen LogP contribution in [0.25, 0.3) is 0 Å². The fraction of sp³-hybridized carbons (Fsp3) is 0.150. The van der Waals surface area contributed by atoms with Crippen molar-refractivity contribution in [2.75, 3.05) is 6.61 Å². The zero-order chi connectivity index (χ0) is 20.7. The first-order valence-corrected chi connectivity index (χ1v) is 9.33. The standard InChI is InChI=1S/C20H16F3N3O2S/c21-20(22,23)13-28-17-11-14(8-10-24-17)12-26-18(27)16-7-4-9-25-19(16)29-15-5-2-1-3-6-15/h1-11H,12-13H2,(H,26,27). The molecule has 0 fully saturated rings. The topological polar surface area (TPSA) is 64.1 Å². The van der Waals surface area contributed by atoms with E-state index in [9.17, 15) is 18.0 Å². The van der Waals surface area contributed by atoms with E-state index in [-0.39, 0.29) is 18.3 Å². The van der Waals surface area contributed by atoms with E-state index in [1.54, 1.807) is 24.4 Å². The summed E-state index contributed by atoms with van der Waals surface area (Å²) in [5.41, 5.74) is 0.968. The summed E-state index contributed by atoms with van der Waals surface area (Å²) in [5.74, 6) is -0.498. The van der Waals surface area contributed by atoms with Gasteiger partial charge in [0.1, 0.15) is 5.03 Å². The number of pyridine rings is 2. The Morgan fingerprint density at radius 1 is 1.03 bits per heavy atom. The van der Waals surface area contributed by atoms with Gasteiger partial charge in [0, 0.05) is 29.9 Å². The van der Waals surface area contributed by atoms with E-state index in [0.29, 0.717) is 16.2 Å². The number of benzene rings is 1. The van der Waals surface area contributed by atoms with Crippen LogP contribution in [-0.4, -0.2) is 28.7 Å². The summed E-state index contributed by atoms with van der Waals surface area (Å²) < 4.78 is 41.4. The van der Waals surface area contributed by atoms with Crippen molar-refractivity contribution in [1.82, 2.24) is 15.3 Å². The van der Waals surface area contributed by atoms with Crippen LogP contribution in [0.15, 0.2) is 76.9 Å². The van der Waals surface area contributed by atoms with Crippen molar-refractivity contribution >= 4 is 17.7 Å². The molecule has 0 aliphatic rings. The minimum Gasteiger partial charge on any atom is -0.468 e. The molecule has 0 bridgehead atoms. The number of hydrogen-bond acceptors (Lipinski definition) is 5. The Morgan fingerprint density at radius 3 is 2.59 bits per heavy atom. The number of ether oxygens (including phenoxy) is 1. The second-order valence-corrected chi connectivity index (χ2v) is 6.92. The molecule has 9 heteroatoms. The zero-order valence-corrected chi connectivity index (χ0v) is 15.8. The van der Waals surface area contributed by atoms with Gasteiger partial charge in [0.15, 0.2) is 6.61 Å². The minimum atomic E-state index is -4.45. The lowest BCUT2D eigenvalue weighted by molar-refractivity contribution is -0.154. The molecule has 1 N–H and O–H groups in total. The number of carbonyl (C=O) groups is 1. The molecule has 0 radical (unpaired) electrons. The predicted molar refractivity (Wildman–Crippen MR) is 102 cm³/mol. The molecular formula is C20H16F3N3O2S. The van der Waals surface area contributed by atoms with Crippen molar-refractivity contribution in [2.45, 2.75) is 22.6 Å². The van der Waals surface area contributed by atoms with Crippen molar-refractivity contribution in [3.05, 3.63) is 78.1 Å². The van der Waals surface area contributed by atoms with E-state index in [1.807, 2.05) is 30.3 Å². The molecule has 0 spiro atoms. The largest absolute Gasteiger partial charge is 0.468 e. The summed E-state index contributed by atoms with van der Waals surface area (Å²) in [7, 11) is 0. The first kappa shape index (κ1) is 20.7. The van der Waals surface area contributed by atoms with E-state index >= 15 is 0 Å². The second kappa shape index (κ2) is 9.42. The number of carbonyl (C=O) groups excluding carboxylic acids is 1. The fourth-order valence-corrected chi connectivity index (χ4v) is 3.22. The zero-order valence-electron chi connectivity index (χ0n) is 15.0. The van der Waals surface area contributed by atoms with Crippen LogP contribution in [0.5, 0.6) is 5.88 Å². The Balaban J connectivity index is 1.64. The molecule has 5 nitrogen and oxygen atoms in total. The van der Waals surface area contributed by atoms with Crippen molar-refractivity contribution < 1.29 is 22.7 Å². The third-order valence-corrected chi connectivity index (χ3v) is 4.64. The van der Waals surface area contributed by atoms with Crippen LogP contribution >= 0.6 is 11.8 Å². The molecule has 0 aliphatic heterocycles. The van der Waals surface area contributed by atoms with E-state index in [2.05, 4.69) is 20.0 Å². The van der Waals surface area contributed by atoms with Gasteiger partial charge in [-0.15, -0.1) is 0 Å². The molecule has 0 aliphatic carbocycles. The number of nitrogens with zero attached hydrogens (tertiary/aromatic N) is 2. The van der Waals surface area contributed by atoms with Gasteiger partial charge < -0.3 is 10.1 Å². The number of amides is 1. The normalized spacial score (nSPS) is 11.1. The lowest BCUT2D eigenvalue weighted by Gasteiger charge is -2.11. The van der Waals surface area contributed by atoms with Crippen LogP contribution < -0.4 is 10.1 Å². The predicted octanol–water partition coefficient (Wildman–Crippen LogP) is 4.50. The third kappa shape index (κ3) is 6.49. The Morgan fingerprint density at radius 2 is 1.83 bits per heavy atom. The quantitative estimate of drug-likeness (QED) is 0.611. The fourth-order valence-electron chi connectivity index (χ4n) is 2.32. The Kier molecular flexibility index (Phi) is 6.71. The van der Waals surface area contributed by atoms with E-state index in [4.69, 9.17) is 0 Å². The molecule has 150 valence electrons. The molecule has 2 heterocycles. The summed E-state index contributed by atoms with van der Waals surface area (Å²) in [5, 5.41) is 3.30. The monoisotopic (exact) mass is 419 g/mol. The van der Waals surface area contributed by atoms with Crippen LogP contribution in [0.2, 0.25) is 0 Å². The Labute approximate surface area is 169 Å². The van der Waals surface area contributed by atoms with Crippen molar-refractivity contribution in [3.8, 4) is 5.88 Å². The van der Waals surface area contributed by atoms with Crippen LogP contribution in [0.1, 0.15) is 15.9 Å². The van der Waals surface area contributed by atoms with Gasteiger partial charge in [0.05, 0.1) is 5.56 Å². The summed E-state index contributed by atoms with van der Waals surface area (Å²) in [6.45, 7) is -1.32. The molecule has 1 amide bonds. The van der Waals surface area contributed by atoms with Crippen LogP contribution in [0, 0.1) is 0 Å². The van der Waals surface area contributed by atoms with Crippen LogP contribution in [-0.2, 0) is 6.54 Å². The second-order valence-electron chi connectivity index (χ2n) is 5.86. The van der Waals surface area contributed by atoms with Gasteiger partial charge in [-0.05, 0) is 35.9 Å². The van der Waals surface area contributed by atoms with Gasteiger partial charge in [-0.1, -0.05) is 30.0 Å². The number of alkyl halides is 3. The average Bonchev–Trinajstić information content (AvgIpc) is 2.71. The molecule has 3 rings (SSSR count). The van der Waals surface area contributed by atoms with Gasteiger partial charge in [0.25, 0.3) is 5.91 Å². The number of nitrogens with one attached hydrogen (secondary N) is 1. The molecule has 2 aromatic heterocycles. The number of hydrogen-bond donors (Lipinski definition) is 1. The average molecular weight is 419 g/mol. The highest BCUT2D eigenvalue weighted by atomic mass is 32.2. The maximum atomic E-state index is 12.6. The minimum absolute atomic E-state index is 0.105. The summed E-state index contributed by atoms with van der Waals surface area (Å²) in [4.78, 5) is 21.6. The molecular weight excluding hydrogens is 403 g/mol. The smallest absolute Gasteiger partial charge is 0.422 e. The highest BCUT2D eigenvalue weighted by molar-refractivity contribution is 7.99. The first-order chi connectivity index (χ1) is 13.9. The van der Waals surface area contributed by atoms with Crippen molar-refractivity contribution in [1.29, 1.82) is 0 Å². The molecule has 29 heavy (non-hydrogen) atoms. The number of halogens is 3. The van der Waals surface area contributed by atoms with Crippen molar-refractivity contribution in [3.63, 3.8) is 0 Å². The highest BCUT2D eigenvalue weighted by Crippen LogP contribution is 2.28. The molecule has 0 atom stereocenters. The van der Waals surface area contributed by atoms with Crippen LogP contribution in [0.3, 0.4) is 0 Å². The molecule has 3 aromatic rings. The van der Waals surface area contributed by atoms with Gasteiger partial charge >= 0.3 is 6.18 Å². The molecule has 0 saturated heterocycles. The number of aromatic nitrogens is 2. The molecule has 0 unspecified atom stereocenters. The maximum Gasteiger partial charge on any atom is 0.422 e. The molecule has 1 aromatic carbocycles. The van der Waals surface area contributed by atoms with Crippen molar-refractivity contribution in [2.24, 2.45) is 0 Å². The summed E-state index contributed by atoms with van der Waals surface area (Å²) in [6, 6.07) is 15.8. The maximum absolute atomic E-state index is 12.6. The van der Waals surface area contributed by atoms with E-state index < -0.39 is 12.8 Å². The van der Waals surface area contributed by atoms with Gasteiger partial charge in [-0.2, -0.15) is 13.2 Å². The lowest BCUT2D eigenvalue weighted by atomic mass is 10.2. The van der Waals surface area contributed by atoms with Crippen LogP contribution in [0.4, 0.5) is 13.2 Å². The van der Waals surface area contributed by atoms with Gasteiger partial charge in [-0.25, -0.2) is 9.97 Å². The highest BCUT2D eigenvalue weighted by Gasteiger charge is 2.28. The van der Waals surface area contributed by atoms with E-state index in [0.717, 1.165) is 4.90 Å². The lowest BCUT2D eigenvalue weighted by Crippen LogP contribution is -2.24.